The summed E-state index contributed by atoms with van der Waals surface area (Å²) in [6.45, 7) is 10.5. The Bertz CT molecular complexity index is 453. The van der Waals surface area contributed by atoms with Gasteiger partial charge in [-0.2, -0.15) is 0 Å². The normalized spacial score (nSPS) is 9.65. The fraction of sp³-hybridized carbons (Fsp3) is 0.333. The lowest BCUT2D eigenvalue weighted by atomic mass is 9.87. The van der Waals surface area contributed by atoms with E-state index in [9.17, 15) is 0 Å². The van der Waals surface area contributed by atoms with Crippen LogP contribution in [0.1, 0.15) is 40.2 Å². The second-order valence-electron chi connectivity index (χ2n) is 5.13. The summed E-state index contributed by atoms with van der Waals surface area (Å²) in [4.78, 5) is 0. The van der Waals surface area contributed by atoms with Crippen molar-refractivity contribution in [2.24, 2.45) is 0 Å². The molecule has 0 unspecified atom stereocenters. The highest BCUT2D eigenvalue weighted by atomic mass is 16.3. The molecule has 0 heterocycles. The van der Waals surface area contributed by atoms with Crippen LogP contribution in [-0.4, -0.2) is 10.2 Å². The van der Waals surface area contributed by atoms with Gasteiger partial charge in [0.05, 0.1) is 0 Å². The second kappa shape index (κ2) is 9.03. The summed E-state index contributed by atoms with van der Waals surface area (Å²) < 4.78 is 0. The maximum Gasteiger partial charge on any atom is 0.115 e. The Morgan fingerprint density at radius 3 is 1.35 bits per heavy atom. The van der Waals surface area contributed by atoms with Crippen molar-refractivity contribution in [3.8, 4) is 11.5 Å². The zero-order valence-electron chi connectivity index (χ0n) is 13.1. The summed E-state index contributed by atoms with van der Waals surface area (Å²) >= 11 is 0. The number of phenols is 2. The van der Waals surface area contributed by atoms with E-state index in [-0.39, 0.29) is 5.41 Å². The standard InChI is InChI=1S/C10H14O.C6H6O.C2H6/c1-10(2,3)8-4-6-9(11)7-5-8;7-6-4-2-1-3-5-6;1-2/h4-7,11H,1-3H3;1-5,7H;1-2H3. The predicted molar refractivity (Wildman–Crippen MR) is 86.3 cm³/mol. The molecule has 110 valence electrons. The van der Waals surface area contributed by atoms with Gasteiger partial charge in [0.25, 0.3) is 0 Å². The quantitative estimate of drug-likeness (QED) is 0.701. The first-order valence-electron chi connectivity index (χ1n) is 6.93. The summed E-state index contributed by atoms with van der Waals surface area (Å²) in [6, 6.07) is 16.1. The smallest absolute Gasteiger partial charge is 0.115 e. The zero-order chi connectivity index (χ0) is 15.6. The van der Waals surface area contributed by atoms with Gasteiger partial charge in [0.15, 0.2) is 0 Å². The summed E-state index contributed by atoms with van der Waals surface area (Å²) in [5.74, 6) is 0.653. The van der Waals surface area contributed by atoms with E-state index in [4.69, 9.17) is 10.2 Å². The van der Waals surface area contributed by atoms with Crippen LogP contribution >= 0.6 is 0 Å². The van der Waals surface area contributed by atoms with Crippen LogP contribution in [-0.2, 0) is 5.41 Å². The SMILES string of the molecule is CC.CC(C)(C)c1ccc(O)cc1.Oc1ccccc1. The van der Waals surface area contributed by atoms with E-state index in [1.54, 1.807) is 36.4 Å². The van der Waals surface area contributed by atoms with Gasteiger partial charge in [0, 0.05) is 0 Å². The Balaban J connectivity index is 0.000000345. The molecule has 0 bridgehead atoms. The lowest BCUT2D eigenvalue weighted by Gasteiger charge is -2.18. The highest BCUT2D eigenvalue weighted by Crippen LogP contribution is 2.23. The fourth-order valence-corrected chi connectivity index (χ4v) is 1.39. The summed E-state index contributed by atoms with van der Waals surface area (Å²) in [7, 11) is 0. The Hall–Kier alpha value is -1.96. The number of benzene rings is 2. The molecule has 2 aromatic rings. The van der Waals surface area contributed by atoms with Crippen molar-refractivity contribution in [2.75, 3.05) is 0 Å². The van der Waals surface area contributed by atoms with Crippen molar-refractivity contribution < 1.29 is 10.2 Å². The van der Waals surface area contributed by atoms with Crippen molar-refractivity contribution in [3.05, 3.63) is 60.2 Å². The summed E-state index contributed by atoms with van der Waals surface area (Å²) in [5.41, 5.74) is 1.42. The second-order valence-corrected chi connectivity index (χ2v) is 5.13. The number of hydrogen-bond donors (Lipinski definition) is 2. The molecule has 2 aromatic carbocycles. The van der Waals surface area contributed by atoms with Crippen molar-refractivity contribution in [1.82, 2.24) is 0 Å². The average Bonchev–Trinajstić information content (AvgIpc) is 2.42. The fourth-order valence-electron chi connectivity index (χ4n) is 1.39. The first-order chi connectivity index (χ1) is 9.39. The van der Waals surface area contributed by atoms with E-state index in [0.717, 1.165) is 0 Å². The minimum Gasteiger partial charge on any atom is -0.508 e. The van der Waals surface area contributed by atoms with Gasteiger partial charge in [-0.25, -0.2) is 0 Å². The number of phenolic OH excluding ortho intramolecular Hbond substituents is 2. The van der Waals surface area contributed by atoms with Gasteiger partial charge in [0.1, 0.15) is 11.5 Å². The molecule has 0 saturated carbocycles. The molecular formula is C18H26O2. The van der Waals surface area contributed by atoms with Crippen LogP contribution in [0.4, 0.5) is 0 Å². The molecule has 0 aliphatic heterocycles. The van der Waals surface area contributed by atoms with Crippen LogP contribution in [0.25, 0.3) is 0 Å². The monoisotopic (exact) mass is 274 g/mol. The Morgan fingerprint density at radius 1 is 0.650 bits per heavy atom. The lowest BCUT2D eigenvalue weighted by molar-refractivity contribution is 0.474. The average molecular weight is 274 g/mol. The Labute approximate surface area is 122 Å². The highest BCUT2D eigenvalue weighted by Gasteiger charge is 2.12. The Morgan fingerprint density at radius 2 is 1.05 bits per heavy atom. The number of rotatable bonds is 0. The number of para-hydroxylation sites is 1. The van der Waals surface area contributed by atoms with Crippen LogP contribution in [0.2, 0.25) is 0 Å². The first kappa shape index (κ1) is 18.0. The molecule has 0 aromatic heterocycles. The predicted octanol–water partition coefficient (Wildman–Crippen LogP) is 5.11. The molecule has 0 radical (unpaired) electrons. The number of hydrogen-bond acceptors (Lipinski definition) is 2. The van der Waals surface area contributed by atoms with Gasteiger partial charge in [-0.15, -0.1) is 0 Å². The zero-order valence-corrected chi connectivity index (χ0v) is 13.1. The van der Waals surface area contributed by atoms with E-state index in [1.165, 1.54) is 5.56 Å². The van der Waals surface area contributed by atoms with Gasteiger partial charge in [-0.3, -0.25) is 0 Å². The summed E-state index contributed by atoms with van der Waals surface area (Å²) in [6.07, 6.45) is 0. The van der Waals surface area contributed by atoms with Crippen LogP contribution in [0.3, 0.4) is 0 Å². The molecule has 2 heteroatoms. The topological polar surface area (TPSA) is 40.5 Å². The molecule has 20 heavy (non-hydrogen) atoms. The molecule has 0 amide bonds. The minimum absolute atomic E-state index is 0.174. The van der Waals surface area contributed by atoms with Gasteiger partial charge in [0.2, 0.25) is 0 Å². The molecular weight excluding hydrogens is 248 g/mol. The van der Waals surface area contributed by atoms with Crippen molar-refractivity contribution in [3.63, 3.8) is 0 Å². The van der Waals surface area contributed by atoms with E-state index in [2.05, 4.69) is 20.8 Å². The Kier molecular flexibility index (Phi) is 8.14. The van der Waals surface area contributed by atoms with Crippen LogP contribution in [0.5, 0.6) is 11.5 Å². The van der Waals surface area contributed by atoms with Crippen molar-refractivity contribution in [2.45, 2.75) is 40.0 Å². The molecule has 0 atom stereocenters. The van der Waals surface area contributed by atoms with Crippen LogP contribution in [0.15, 0.2) is 54.6 Å². The van der Waals surface area contributed by atoms with Crippen LogP contribution < -0.4 is 0 Å². The van der Waals surface area contributed by atoms with E-state index >= 15 is 0 Å². The molecule has 2 rings (SSSR count). The van der Waals surface area contributed by atoms with E-state index in [1.807, 2.05) is 32.0 Å². The molecule has 2 N–H and O–H groups in total. The molecule has 0 aliphatic carbocycles. The van der Waals surface area contributed by atoms with Crippen molar-refractivity contribution in [1.29, 1.82) is 0 Å². The van der Waals surface area contributed by atoms with Crippen LogP contribution in [0, 0.1) is 0 Å². The summed E-state index contributed by atoms with van der Waals surface area (Å²) in [5, 5.41) is 17.7. The van der Waals surface area contributed by atoms with Gasteiger partial charge >= 0.3 is 0 Å². The molecule has 0 spiro atoms. The largest absolute Gasteiger partial charge is 0.508 e. The molecule has 2 nitrogen and oxygen atoms in total. The maximum absolute atomic E-state index is 9.02. The third-order valence-electron chi connectivity index (χ3n) is 2.49. The lowest BCUT2D eigenvalue weighted by Crippen LogP contribution is -2.10. The third kappa shape index (κ3) is 7.47. The maximum atomic E-state index is 9.02. The third-order valence-corrected chi connectivity index (χ3v) is 2.49. The van der Waals surface area contributed by atoms with Crippen molar-refractivity contribution >= 4 is 0 Å². The van der Waals surface area contributed by atoms with Gasteiger partial charge < -0.3 is 10.2 Å². The number of aromatic hydroxyl groups is 2. The molecule has 0 aliphatic rings. The van der Waals surface area contributed by atoms with E-state index in [0.29, 0.717) is 11.5 Å². The van der Waals surface area contributed by atoms with Gasteiger partial charge in [-0.1, -0.05) is 65.0 Å². The first-order valence-corrected chi connectivity index (χ1v) is 6.93. The van der Waals surface area contributed by atoms with E-state index < -0.39 is 0 Å². The molecule has 0 fully saturated rings. The molecule has 0 saturated heterocycles. The highest BCUT2D eigenvalue weighted by molar-refractivity contribution is 5.29. The van der Waals surface area contributed by atoms with Gasteiger partial charge in [-0.05, 0) is 35.2 Å². The minimum atomic E-state index is 0.174.